The van der Waals surface area contributed by atoms with Crippen LogP contribution in [0.1, 0.15) is 39.6 Å². The van der Waals surface area contributed by atoms with Gasteiger partial charge in [0.25, 0.3) is 5.91 Å². The molecule has 0 aromatic heterocycles. The highest BCUT2D eigenvalue weighted by atomic mass is 32.2. The third-order valence-corrected chi connectivity index (χ3v) is 5.34. The average molecular weight is 383 g/mol. The normalized spacial score (nSPS) is 19.1. The van der Waals surface area contributed by atoms with Crippen molar-refractivity contribution < 1.29 is 14.3 Å². The van der Waals surface area contributed by atoms with Gasteiger partial charge in [0.2, 0.25) is 0 Å². The molecule has 0 aliphatic carbocycles. The molecule has 1 unspecified atom stereocenters. The molecule has 1 aliphatic heterocycles. The van der Waals surface area contributed by atoms with Crippen LogP contribution in [0.3, 0.4) is 0 Å². The van der Waals surface area contributed by atoms with Crippen molar-refractivity contribution in [1.82, 2.24) is 0 Å². The zero-order chi connectivity index (χ0) is 19.4. The molecule has 0 bridgehead atoms. The molecule has 2 aromatic rings. The summed E-state index contributed by atoms with van der Waals surface area (Å²) in [7, 11) is 1.30. The van der Waals surface area contributed by atoms with E-state index in [4.69, 9.17) is 10.5 Å². The van der Waals surface area contributed by atoms with E-state index >= 15 is 0 Å². The number of methoxy groups -OCH3 is 1. The summed E-state index contributed by atoms with van der Waals surface area (Å²) in [6.45, 7) is 2.04. The number of anilines is 1. The molecule has 140 valence electrons. The number of thioether (sulfide) groups is 1. The summed E-state index contributed by atoms with van der Waals surface area (Å²) in [6, 6.07) is 14.0. The van der Waals surface area contributed by atoms with Crippen LogP contribution in [0.15, 0.2) is 53.5 Å². The molecular formula is C20H21N3O3S. The zero-order valence-electron chi connectivity index (χ0n) is 15.2. The van der Waals surface area contributed by atoms with Crippen molar-refractivity contribution in [2.45, 2.75) is 18.9 Å². The Kier molecular flexibility index (Phi) is 5.51. The first-order chi connectivity index (χ1) is 12.9. The van der Waals surface area contributed by atoms with Crippen molar-refractivity contribution in [2.75, 3.05) is 18.2 Å². The molecular weight excluding hydrogens is 362 g/mol. The Morgan fingerprint density at radius 3 is 2.56 bits per heavy atom. The molecule has 0 radical (unpaired) electrons. The minimum atomic E-state index is -0.500. The first-order valence-electron chi connectivity index (χ1n) is 8.50. The van der Waals surface area contributed by atoms with E-state index in [0.29, 0.717) is 22.0 Å². The lowest BCUT2D eigenvalue weighted by Gasteiger charge is -2.29. The van der Waals surface area contributed by atoms with Gasteiger partial charge in [-0.1, -0.05) is 36.0 Å². The summed E-state index contributed by atoms with van der Waals surface area (Å²) in [6.07, 6.45) is 0.885. The van der Waals surface area contributed by atoms with Gasteiger partial charge in [-0.3, -0.25) is 9.79 Å². The summed E-state index contributed by atoms with van der Waals surface area (Å²) in [4.78, 5) is 29.0. The second-order valence-electron chi connectivity index (χ2n) is 6.39. The van der Waals surface area contributed by atoms with Crippen LogP contribution in [0.4, 0.5) is 5.69 Å². The number of hydrogen-bond acceptors (Lipinski definition) is 6. The summed E-state index contributed by atoms with van der Waals surface area (Å²) < 4.78 is 4.75. The second kappa shape index (κ2) is 7.84. The summed E-state index contributed by atoms with van der Waals surface area (Å²) in [5, 5.41) is 3.35. The summed E-state index contributed by atoms with van der Waals surface area (Å²) >= 11 is 1.56. The summed E-state index contributed by atoms with van der Waals surface area (Å²) in [5.41, 5.74) is 7.72. The number of esters is 1. The van der Waals surface area contributed by atoms with Crippen LogP contribution >= 0.6 is 11.8 Å². The van der Waals surface area contributed by atoms with E-state index < -0.39 is 5.97 Å². The maximum atomic E-state index is 12.6. The molecule has 3 rings (SSSR count). The maximum absolute atomic E-state index is 12.6. The van der Waals surface area contributed by atoms with Gasteiger partial charge in [-0.2, -0.15) is 0 Å². The van der Waals surface area contributed by atoms with Gasteiger partial charge in [0.1, 0.15) is 0 Å². The van der Waals surface area contributed by atoms with Gasteiger partial charge in [-0.25, -0.2) is 4.79 Å². The Bertz CT molecular complexity index is 896. The molecule has 1 amide bonds. The van der Waals surface area contributed by atoms with Crippen LogP contribution in [-0.2, 0) is 10.3 Å². The Morgan fingerprint density at radius 1 is 1.19 bits per heavy atom. The predicted octanol–water partition coefficient (Wildman–Crippen LogP) is 3.39. The van der Waals surface area contributed by atoms with E-state index in [2.05, 4.69) is 10.3 Å². The minimum absolute atomic E-state index is 0.301. The topological polar surface area (TPSA) is 93.8 Å². The van der Waals surface area contributed by atoms with Crippen LogP contribution < -0.4 is 11.1 Å². The number of amidine groups is 1. The van der Waals surface area contributed by atoms with Crippen molar-refractivity contribution >= 4 is 34.5 Å². The first kappa shape index (κ1) is 19.0. The lowest BCUT2D eigenvalue weighted by atomic mass is 9.89. The van der Waals surface area contributed by atoms with Gasteiger partial charge in [-0.15, -0.1) is 0 Å². The fourth-order valence-electron chi connectivity index (χ4n) is 2.95. The number of carbonyl (C=O) groups excluding carboxylic acids is 2. The number of nitrogens with one attached hydrogen (secondary N) is 1. The van der Waals surface area contributed by atoms with Crippen molar-refractivity contribution in [3.05, 3.63) is 65.2 Å². The van der Waals surface area contributed by atoms with Crippen LogP contribution in [0.25, 0.3) is 0 Å². The fraction of sp³-hybridized carbons (Fsp3) is 0.250. The van der Waals surface area contributed by atoms with E-state index in [-0.39, 0.29) is 11.4 Å². The lowest BCUT2D eigenvalue weighted by molar-refractivity contribution is 0.0602. The number of hydrogen-bond donors (Lipinski definition) is 2. The van der Waals surface area contributed by atoms with Gasteiger partial charge in [0.05, 0.1) is 23.9 Å². The molecule has 2 aromatic carbocycles. The largest absolute Gasteiger partial charge is 0.465 e. The zero-order valence-corrected chi connectivity index (χ0v) is 16.0. The monoisotopic (exact) mass is 383 g/mol. The number of nitrogens with two attached hydrogens (primary N) is 1. The highest BCUT2D eigenvalue weighted by Crippen LogP contribution is 2.35. The molecule has 27 heavy (non-hydrogen) atoms. The van der Waals surface area contributed by atoms with Crippen LogP contribution in [0.2, 0.25) is 0 Å². The van der Waals surface area contributed by atoms with E-state index in [0.717, 1.165) is 17.7 Å². The van der Waals surface area contributed by atoms with Crippen molar-refractivity contribution in [3.8, 4) is 0 Å². The molecule has 0 spiro atoms. The Balaban J connectivity index is 1.79. The molecule has 6 nitrogen and oxygen atoms in total. The number of nitrogens with zero attached hydrogens (tertiary/aromatic N) is 1. The Hall–Kier alpha value is -2.80. The molecule has 0 saturated heterocycles. The van der Waals surface area contributed by atoms with Gasteiger partial charge < -0.3 is 15.8 Å². The Labute approximate surface area is 162 Å². The van der Waals surface area contributed by atoms with Gasteiger partial charge in [0, 0.05) is 11.3 Å². The van der Waals surface area contributed by atoms with Gasteiger partial charge >= 0.3 is 5.97 Å². The molecule has 0 fully saturated rings. The predicted molar refractivity (Wildman–Crippen MR) is 108 cm³/mol. The molecule has 1 atom stereocenters. The number of benzene rings is 2. The van der Waals surface area contributed by atoms with Gasteiger partial charge in [0.15, 0.2) is 5.17 Å². The van der Waals surface area contributed by atoms with E-state index in [1.807, 2.05) is 19.1 Å². The summed E-state index contributed by atoms with van der Waals surface area (Å²) in [5.74, 6) is 0.114. The number of ether oxygens (including phenoxy) is 1. The van der Waals surface area contributed by atoms with Crippen LogP contribution in [-0.4, -0.2) is 29.9 Å². The van der Waals surface area contributed by atoms with E-state index in [9.17, 15) is 9.59 Å². The maximum Gasteiger partial charge on any atom is 0.339 e. The number of amides is 1. The molecule has 1 heterocycles. The SMILES string of the molecule is COC(=O)c1ccccc1NC(=O)c1ccc(C2(C)CCSC(N)=N2)cc1. The number of carbonyl (C=O) groups is 2. The molecule has 7 heteroatoms. The number of para-hydroxylation sites is 1. The smallest absolute Gasteiger partial charge is 0.339 e. The second-order valence-corrected chi connectivity index (χ2v) is 7.51. The van der Waals surface area contributed by atoms with Crippen molar-refractivity contribution in [1.29, 1.82) is 0 Å². The highest BCUT2D eigenvalue weighted by molar-refractivity contribution is 8.13. The van der Waals surface area contributed by atoms with Crippen LogP contribution in [0.5, 0.6) is 0 Å². The van der Waals surface area contributed by atoms with Crippen molar-refractivity contribution in [3.63, 3.8) is 0 Å². The van der Waals surface area contributed by atoms with E-state index in [1.54, 1.807) is 48.2 Å². The quantitative estimate of drug-likeness (QED) is 0.789. The third-order valence-electron chi connectivity index (χ3n) is 4.55. The number of rotatable bonds is 4. The highest BCUT2D eigenvalue weighted by Gasteiger charge is 2.29. The van der Waals surface area contributed by atoms with Crippen LogP contribution in [0, 0.1) is 0 Å². The molecule has 0 saturated carbocycles. The van der Waals surface area contributed by atoms with E-state index in [1.165, 1.54) is 7.11 Å². The third kappa shape index (κ3) is 4.14. The average Bonchev–Trinajstić information content (AvgIpc) is 2.67. The fourth-order valence-corrected chi connectivity index (χ4v) is 3.92. The standard InChI is InChI=1S/C20H21N3O3S/c1-20(11-12-27-19(21)23-20)14-9-7-13(8-10-14)17(24)22-16-6-4-3-5-15(16)18(25)26-2/h3-10H,11-12H2,1-2H3,(H2,21,23)(H,22,24). The lowest BCUT2D eigenvalue weighted by Crippen LogP contribution is -2.28. The minimum Gasteiger partial charge on any atom is -0.465 e. The molecule has 1 aliphatic rings. The Morgan fingerprint density at radius 2 is 1.89 bits per heavy atom. The number of aliphatic imine (C=N–C) groups is 1. The first-order valence-corrected chi connectivity index (χ1v) is 9.49. The van der Waals surface area contributed by atoms with Gasteiger partial charge in [-0.05, 0) is 43.2 Å². The molecule has 3 N–H and O–H groups in total. The van der Waals surface area contributed by atoms with Crippen molar-refractivity contribution in [2.24, 2.45) is 10.7 Å².